The van der Waals surface area contributed by atoms with Gasteiger partial charge in [-0.2, -0.15) is 0 Å². The maximum atomic E-state index is 2.33. The summed E-state index contributed by atoms with van der Waals surface area (Å²) in [5.74, 6) is 1.69. The molecule has 0 radical (unpaired) electrons. The maximum absolute atomic E-state index is 2.33. The van der Waals surface area contributed by atoms with Crippen LogP contribution in [0.15, 0.2) is 11.1 Å². The summed E-state index contributed by atoms with van der Waals surface area (Å²) in [6, 6.07) is 0. The third-order valence-corrected chi connectivity index (χ3v) is 2.77. The predicted molar refractivity (Wildman–Crippen MR) is 59.8 cm³/mol. The summed E-state index contributed by atoms with van der Waals surface area (Å²) in [5.41, 5.74) is 3.59. The Balaban J connectivity index is 2.55. The van der Waals surface area contributed by atoms with E-state index in [0.29, 0.717) is 0 Å². The van der Waals surface area contributed by atoms with Gasteiger partial charge in [-0.15, -0.1) is 0 Å². The summed E-state index contributed by atoms with van der Waals surface area (Å²) in [4.78, 5) is 0. The second-order valence-corrected chi connectivity index (χ2v) is 5.26. The highest BCUT2D eigenvalue weighted by Gasteiger charge is 2.15. The molecular weight excluding hydrogens is 156 g/mol. The molecule has 1 aliphatic carbocycles. The Hall–Kier alpha value is -0.260. The van der Waals surface area contributed by atoms with Crippen molar-refractivity contribution in [3.63, 3.8) is 0 Å². The van der Waals surface area contributed by atoms with Crippen LogP contribution in [0.2, 0.25) is 0 Å². The van der Waals surface area contributed by atoms with E-state index < -0.39 is 0 Å². The van der Waals surface area contributed by atoms with Gasteiger partial charge in [0.25, 0.3) is 0 Å². The zero-order chi connectivity index (χ0) is 9.84. The van der Waals surface area contributed by atoms with Crippen molar-refractivity contribution in [2.45, 2.75) is 59.8 Å². The fourth-order valence-corrected chi connectivity index (χ4v) is 2.35. The summed E-state index contributed by atoms with van der Waals surface area (Å²) in [7, 11) is 0. The Bertz CT molecular complexity index is 164. The lowest BCUT2D eigenvalue weighted by atomic mass is 9.95. The molecule has 0 atom stereocenters. The number of hydrogen-bond donors (Lipinski definition) is 0. The standard InChI is InChI=1S/C13H24/c1-10(2)8-12-6-5-7-13(12)9-11(3)4/h10-11H,5-9H2,1-4H3. The van der Waals surface area contributed by atoms with Crippen LogP contribution in [-0.2, 0) is 0 Å². The first-order valence-electron chi connectivity index (χ1n) is 5.79. The third kappa shape index (κ3) is 3.54. The Labute approximate surface area is 83.4 Å². The molecule has 76 valence electrons. The monoisotopic (exact) mass is 180 g/mol. The van der Waals surface area contributed by atoms with E-state index in [0.717, 1.165) is 11.8 Å². The molecule has 0 N–H and O–H groups in total. The summed E-state index contributed by atoms with van der Waals surface area (Å²) in [6.07, 6.45) is 6.90. The first-order chi connectivity index (χ1) is 6.09. The molecule has 0 nitrogen and oxygen atoms in total. The van der Waals surface area contributed by atoms with Crippen LogP contribution in [0, 0.1) is 11.8 Å². The summed E-state index contributed by atoms with van der Waals surface area (Å²) >= 11 is 0. The fourth-order valence-electron chi connectivity index (χ4n) is 2.35. The normalized spacial score (nSPS) is 18.0. The first-order valence-corrected chi connectivity index (χ1v) is 5.79. The van der Waals surface area contributed by atoms with Crippen molar-refractivity contribution in [1.82, 2.24) is 0 Å². The zero-order valence-corrected chi connectivity index (χ0v) is 9.69. The van der Waals surface area contributed by atoms with E-state index in [1.54, 1.807) is 11.1 Å². The number of allylic oxidation sites excluding steroid dienone is 2. The first kappa shape index (κ1) is 10.8. The van der Waals surface area contributed by atoms with E-state index >= 15 is 0 Å². The molecule has 0 aromatic heterocycles. The molecular formula is C13H24. The van der Waals surface area contributed by atoms with E-state index in [1.807, 2.05) is 0 Å². The van der Waals surface area contributed by atoms with Crippen LogP contribution in [0.1, 0.15) is 59.8 Å². The summed E-state index contributed by atoms with van der Waals surface area (Å²) in [5, 5.41) is 0. The van der Waals surface area contributed by atoms with Gasteiger partial charge < -0.3 is 0 Å². The van der Waals surface area contributed by atoms with Gasteiger partial charge >= 0.3 is 0 Å². The van der Waals surface area contributed by atoms with Crippen molar-refractivity contribution in [2.75, 3.05) is 0 Å². The Morgan fingerprint density at radius 3 is 1.54 bits per heavy atom. The molecule has 0 unspecified atom stereocenters. The molecule has 0 aromatic carbocycles. The second kappa shape index (κ2) is 4.83. The van der Waals surface area contributed by atoms with E-state index in [1.165, 1.54) is 32.1 Å². The molecule has 0 saturated heterocycles. The molecule has 0 aromatic rings. The van der Waals surface area contributed by atoms with Crippen LogP contribution >= 0.6 is 0 Å². The van der Waals surface area contributed by atoms with Gasteiger partial charge in [-0.3, -0.25) is 0 Å². The average molecular weight is 180 g/mol. The lowest BCUT2D eigenvalue weighted by molar-refractivity contribution is 0.608. The quantitative estimate of drug-likeness (QED) is 0.556. The van der Waals surface area contributed by atoms with Crippen molar-refractivity contribution < 1.29 is 0 Å². The van der Waals surface area contributed by atoms with Gasteiger partial charge in [-0.1, -0.05) is 38.8 Å². The maximum Gasteiger partial charge on any atom is -0.0294 e. The molecule has 0 fully saturated rings. The van der Waals surface area contributed by atoms with Crippen molar-refractivity contribution in [3.05, 3.63) is 11.1 Å². The Morgan fingerprint density at radius 1 is 0.846 bits per heavy atom. The van der Waals surface area contributed by atoms with Gasteiger partial charge in [-0.25, -0.2) is 0 Å². The lowest BCUT2D eigenvalue weighted by Gasteiger charge is -2.11. The van der Waals surface area contributed by atoms with E-state index in [-0.39, 0.29) is 0 Å². The molecule has 13 heavy (non-hydrogen) atoms. The average Bonchev–Trinajstić information content (AvgIpc) is 2.34. The molecule has 0 spiro atoms. The van der Waals surface area contributed by atoms with Crippen LogP contribution in [0.25, 0.3) is 0 Å². The van der Waals surface area contributed by atoms with Gasteiger partial charge in [0, 0.05) is 0 Å². The van der Waals surface area contributed by atoms with Gasteiger partial charge in [0.05, 0.1) is 0 Å². The largest absolute Gasteiger partial charge is 0.0707 e. The minimum Gasteiger partial charge on any atom is -0.0707 e. The zero-order valence-electron chi connectivity index (χ0n) is 9.69. The highest BCUT2D eigenvalue weighted by Crippen LogP contribution is 2.34. The molecule has 0 saturated carbocycles. The second-order valence-electron chi connectivity index (χ2n) is 5.26. The summed E-state index contributed by atoms with van der Waals surface area (Å²) in [6.45, 7) is 9.33. The molecule has 0 heteroatoms. The van der Waals surface area contributed by atoms with Crippen molar-refractivity contribution in [2.24, 2.45) is 11.8 Å². The van der Waals surface area contributed by atoms with Gasteiger partial charge in [0.2, 0.25) is 0 Å². The Kier molecular flexibility index (Phi) is 4.02. The highest BCUT2D eigenvalue weighted by molar-refractivity contribution is 5.20. The van der Waals surface area contributed by atoms with Crippen LogP contribution in [0.5, 0.6) is 0 Å². The topological polar surface area (TPSA) is 0 Å². The molecule has 1 aliphatic rings. The van der Waals surface area contributed by atoms with E-state index in [2.05, 4.69) is 27.7 Å². The predicted octanol–water partition coefficient (Wildman–Crippen LogP) is 4.56. The minimum atomic E-state index is 0.843. The number of rotatable bonds is 4. The van der Waals surface area contributed by atoms with Crippen LogP contribution < -0.4 is 0 Å². The van der Waals surface area contributed by atoms with Gasteiger partial charge in [-0.05, 0) is 43.9 Å². The van der Waals surface area contributed by atoms with E-state index in [9.17, 15) is 0 Å². The molecule has 0 aliphatic heterocycles. The number of hydrogen-bond acceptors (Lipinski definition) is 0. The SMILES string of the molecule is CC(C)CC1=C(CC(C)C)CCC1. The molecule has 0 amide bonds. The minimum absolute atomic E-state index is 0.843. The Morgan fingerprint density at radius 2 is 1.23 bits per heavy atom. The van der Waals surface area contributed by atoms with Gasteiger partial charge in [0.1, 0.15) is 0 Å². The van der Waals surface area contributed by atoms with Crippen molar-refractivity contribution in [1.29, 1.82) is 0 Å². The molecule has 1 rings (SSSR count). The van der Waals surface area contributed by atoms with Crippen LogP contribution in [-0.4, -0.2) is 0 Å². The molecule has 0 bridgehead atoms. The van der Waals surface area contributed by atoms with Crippen LogP contribution in [0.4, 0.5) is 0 Å². The van der Waals surface area contributed by atoms with Gasteiger partial charge in [0.15, 0.2) is 0 Å². The summed E-state index contributed by atoms with van der Waals surface area (Å²) < 4.78 is 0. The van der Waals surface area contributed by atoms with Crippen LogP contribution in [0.3, 0.4) is 0 Å². The van der Waals surface area contributed by atoms with Crippen molar-refractivity contribution >= 4 is 0 Å². The fraction of sp³-hybridized carbons (Fsp3) is 0.846. The highest BCUT2D eigenvalue weighted by atomic mass is 14.2. The smallest absolute Gasteiger partial charge is 0.0294 e. The lowest BCUT2D eigenvalue weighted by Crippen LogP contribution is -1.95. The van der Waals surface area contributed by atoms with Crippen molar-refractivity contribution in [3.8, 4) is 0 Å². The third-order valence-electron chi connectivity index (χ3n) is 2.77. The van der Waals surface area contributed by atoms with E-state index in [4.69, 9.17) is 0 Å². The molecule has 0 heterocycles.